The Bertz CT molecular complexity index is 841. The second-order valence-corrected chi connectivity index (χ2v) is 8.74. The summed E-state index contributed by atoms with van der Waals surface area (Å²) in [5.41, 5.74) is -2.25. The SMILES string of the molecule is C=CCCC(CCCCC(Cc1ccccc1)(C(=O)OCC)C(=O)OCC)(C(=O)OCC)C(=O)OCC. The van der Waals surface area contributed by atoms with E-state index in [4.69, 9.17) is 18.9 Å². The van der Waals surface area contributed by atoms with Crippen LogP contribution in [0.15, 0.2) is 43.0 Å². The second kappa shape index (κ2) is 16.6. The molecule has 0 aliphatic heterocycles. The van der Waals surface area contributed by atoms with Crippen LogP contribution in [0.4, 0.5) is 0 Å². The number of carbonyl (C=O) groups is 4. The topological polar surface area (TPSA) is 105 Å². The molecule has 206 valence electrons. The summed E-state index contributed by atoms with van der Waals surface area (Å²) in [5.74, 6) is -2.57. The van der Waals surface area contributed by atoms with Crippen LogP contribution in [0.2, 0.25) is 0 Å². The summed E-state index contributed by atoms with van der Waals surface area (Å²) in [4.78, 5) is 52.4. The number of unbranched alkanes of at least 4 members (excludes halogenated alkanes) is 1. The van der Waals surface area contributed by atoms with Crippen molar-refractivity contribution in [2.75, 3.05) is 26.4 Å². The molecule has 0 bridgehead atoms. The van der Waals surface area contributed by atoms with Gasteiger partial charge in [0.1, 0.15) is 0 Å². The Balaban J connectivity index is 3.27. The van der Waals surface area contributed by atoms with E-state index in [9.17, 15) is 19.2 Å². The van der Waals surface area contributed by atoms with Crippen molar-refractivity contribution >= 4 is 23.9 Å². The van der Waals surface area contributed by atoms with Gasteiger partial charge in [0.2, 0.25) is 0 Å². The molecule has 0 atom stereocenters. The quantitative estimate of drug-likeness (QED) is 0.0881. The molecule has 0 N–H and O–H groups in total. The number of hydrogen-bond donors (Lipinski definition) is 0. The van der Waals surface area contributed by atoms with Crippen LogP contribution < -0.4 is 0 Å². The largest absolute Gasteiger partial charge is 0.465 e. The standard InChI is InChI=1S/C29H42O8/c1-6-11-19-28(24(30)34-7-2,25(31)35-8-3)20-15-16-21-29(26(32)36-9-4,27(33)37-10-5)22-23-17-13-12-14-18-23/h6,12-14,17-18H,1,7-11,15-16,19-22H2,2-5H3. The van der Waals surface area contributed by atoms with Gasteiger partial charge in [-0.05, 0) is 65.4 Å². The first-order chi connectivity index (χ1) is 17.8. The fourth-order valence-corrected chi connectivity index (χ4v) is 4.36. The number of allylic oxidation sites excluding steroid dienone is 1. The summed E-state index contributed by atoms with van der Waals surface area (Å²) in [6.07, 6.45) is 3.36. The van der Waals surface area contributed by atoms with Crippen LogP contribution in [-0.4, -0.2) is 50.3 Å². The van der Waals surface area contributed by atoms with E-state index in [1.807, 2.05) is 30.3 Å². The third-order valence-electron chi connectivity index (χ3n) is 6.25. The van der Waals surface area contributed by atoms with Crippen molar-refractivity contribution in [3.05, 3.63) is 48.6 Å². The monoisotopic (exact) mass is 518 g/mol. The van der Waals surface area contributed by atoms with Crippen molar-refractivity contribution in [1.29, 1.82) is 0 Å². The summed E-state index contributed by atoms with van der Waals surface area (Å²) < 4.78 is 21.2. The minimum Gasteiger partial charge on any atom is -0.465 e. The van der Waals surface area contributed by atoms with Gasteiger partial charge in [-0.25, -0.2) is 0 Å². The molecule has 0 aliphatic carbocycles. The Hall–Kier alpha value is -3.16. The molecule has 0 saturated carbocycles. The van der Waals surface area contributed by atoms with Gasteiger partial charge in [0.05, 0.1) is 26.4 Å². The second-order valence-electron chi connectivity index (χ2n) is 8.74. The van der Waals surface area contributed by atoms with E-state index in [1.165, 1.54) is 0 Å². The molecule has 1 aromatic rings. The van der Waals surface area contributed by atoms with Gasteiger partial charge in [0.25, 0.3) is 0 Å². The number of hydrogen-bond acceptors (Lipinski definition) is 8. The number of esters is 4. The number of rotatable bonds is 18. The molecule has 8 heteroatoms. The Morgan fingerprint density at radius 1 is 0.676 bits per heavy atom. The first-order valence-corrected chi connectivity index (χ1v) is 13.1. The van der Waals surface area contributed by atoms with E-state index in [1.54, 1.807) is 33.8 Å². The lowest BCUT2D eigenvalue weighted by molar-refractivity contribution is -0.176. The van der Waals surface area contributed by atoms with Crippen LogP contribution in [-0.2, 0) is 44.5 Å². The molecular weight excluding hydrogens is 476 g/mol. The van der Waals surface area contributed by atoms with E-state index in [0.717, 1.165) is 5.56 Å². The molecule has 0 heterocycles. The van der Waals surface area contributed by atoms with Gasteiger partial charge in [-0.3, -0.25) is 19.2 Å². The van der Waals surface area contributed by atoms with Crippen LogP contribution >= 0.6 is 0 Å². The lowest BCUT2D eigenvalue weighted by atomic mass is 9.74. The minimum atomic E-state index is -1.55. The van der Waals surface area contributed by atoms with Crippen LogP contribution in [0.5, 0.6) is 0 Å². The van der Waals surface area contributed by atoms with Gasteiger partial charge in [0, 0.05) is 0 Å². The zero-order chi connectivity index (χ0) is 27.7. The van der Waals surface area contributed by atoms with Crippen LogP contribution in [0.25, 0.3) is 0 Å². The molecule has 0 aliphatic rings. The molecule has 0 radical (unpaired) electrons. The molecule has 0 unspecified atom stereocenters. The fraction of sp³-hybridized carbons (Fsp3) is 0.586. The molecule has 0 spiro atoms. The van der Waals surface area contributed by atoms with E-state index < -0.39 is 34.7 Å². The van der Waals surface area contributed by atoms with E-state index in [2.05, 4.69) is 6.58 Å². The zero-order valence-corrected chi connectivity index (χ0v) is 22.7. The maximum Gasteiger partial charge on any atom is 0.323 e. The van der Waals surface area contributed by atoms with Crippen molar-refractivity contribution in [3.63, 3.8) is 0 Å². The molecule has 1 aromatic carbocycles. The fourth-order valence-electron chi connectivity index (χ4n) is 4.36. The van der Waals surface area contributed by atoms with Crippen molar-refractivity contribution in [1.82, 2.24) is 0 Å². The number of carbonyl (C=O) groups excluding carboxylic acids is 4. The summed E-state index contributed by atoms with van der Waals surface area (Å²) >= 11 is 0. The molecule has 1 rings (SSSR count). The lowest BCUT2D eigenvalue weighted by Gasteiger charge is -2.31. The Morgan fingerprint density at radius 3 is 1.49 bits per heavy atom. The predicted molar refractivity (Wildman–Crippen MR) is 139 cm³/mol. The Labute approximate surface area is 220 Å². The first-order valence-electron chi connectivity index (χ1n) is 13.1. The highest BCUT2D eigenvalue weighted by atomic mass is 16.6. The molecular formula is C29H42O8. The highest BCUT2D eigenvalue weighted by Gasteiger charge is 2.50. The van der Waals surface area contributed by atoms with Gasteiger partial charge in [-0.1, -0.05) is 49.2 Å². The predicted octanol–water partition coefficient (Wildman–Crippen LogP) is 4.98. The van der Waals surface area contributed by atoms with Gasteiger partial charge in [0.15, 0.2) is 10.8 Å². The third kappa shape index (κ3) is 8.72. The van der Waals surface area contributed by atoms with Gasteiger partial charge in [-0.2, -0.15) is 0 Å². The smallest absolute Gasteiger partial charge is 0.323 e. The average molecular weight is 519 g/mol. The van der Waals surface area contributed by atoms with E-state index >= 15 is 0 Å². The molecule has 0 saturated heterocycles. The van der Waals surface area contributed by atoms with Crippen LogP contribution in [0.3, 0.4) is 0 Å². The third-order valence-corrected chi connectivity index (χ3v) is 6.25. The van der Waals surface area contributed by atoms with E-state index in [0.29, 0.717) is 19.3 Å². The molecule has 0 aromatic heterocycles. The van der Waals surface area contributed by atoms with Gasteiger partial charge >= 0.3 is 23.9 Å². The molecule has 0 amide bonds. The van der Waals surface area contributed by atoms with Gasteiger partial charge in [-0.15, -0.1) is 6.58 Å². The van der Waals surface area contributed by atoms with Gasteiger partial charge < -0.3 is 18.9 Å². The van der Waals surface area contributed by atoms with Crippen LogP contribution in [0, 0.1) is 10.8 Å². The van der Waals surface area contributed by atoms with Crippen molar-refractivity contribution in [2.45, 2.75) is 72.6 Å². The lowest BCUT2D eigenvalue weighted by Crippen LogP contribution is -2.44. The first kappa shape index (κ1) is 31.9. The summed E-state index contributed by atoms with van der Waals surface area (Å²) in [6, 6.07) is 9.21. The normalized spacial score (nSPS) is 11.4. The van der Waals surface area contributed by atoms with Crippen molar-refractivity contribution in [3.8, 4) is 0 Å². The highest BCUT2D eigenvalue weighted by molar-refractivity contribution is 6.01. The minimum absolute atomic E-state index is 0.114. The summed E-state index contributed by atoms with van der Waals surface area (Å²) in [5, 5.41) is 0. The summed E-state index contributed by atoms with van der Waals surface area (Å²) in [6.45, 7) is 10.9. The van der Waals surface area contributed by atoms with Crippen molar-refractivity contribution < 1.29 is 38.1 Å². The summed E-state index contributed by atoms with van der Waals surface area (Å²) in [7, 11) is 0. The molecule has 0 fully saturated rings. The van der Waals surface area contributed by atoms with Crippen LogP contribution in [0.1, 0.15) is 71.8 Å². The maximum atomic E-state index is 13.2. The molecule has 8 nitrogen and oxygen atoms in total. The highest BCUT2D eigenvalue weighted by Crippen LogP contribution is 2.38. The van der Waals surface area contributed by atoms with E-state index in [-0.39, 0.29) is 52.1 Å². The average Bonchev–Trinajstić information content (AvgIpc) is 2.88. The number of ether oxygens (including phenoxy) is 4. The molecule has 37 heavy (non-hydrogen) atoms. The Kier molecular flexibility index (Phi) is 14.3. The maximum absolute atomic E-state index is 13.2. The number of benzene rings is 1. The van der Waals surface area contributed by atoms with Crippen molar-refractivity contribution in [2.24, 2.45) is 10.8 Å². The zero-order valence-electron chi connectivity index (χ0n) is 22.7. The Morgan fingerprint density at radius 2 is 1.08 bits per heavy atom.